The number of rotatable bonds is 8. The zero-order valence-corrected chi connectivity index (χ0v) is 16.1. The highest BCUT2D eigenvalue weighted by atomic mass is 32.1. The highest BCUT2D eigenvalue weighted by Gasteiger charge is 2.13. The lowest BCUT2D eigenvalue weighted by Crippen LogP contribution is -2.33. The smallest absolute Gasteiger partial charge is 0.226 e. The molecule has 2 heterocycles. The number of amides is 1. The van der Waals surface area contributed by atoms with Crippen LogP contribution in [0.15, 0.2) is 29.6 Å². The largest absolute Gasteiger partial charge is 0.486 e. The second-order valence-corrected chi connectivity index (χ2v) is 7.80. The number of carbonyl (C=O) groups excluding carboxylic acids is 1. The molecule has 1 saturated heterocycles. The molecule has 1 atom stereocenters. The molecule has 26 heavy (non-hydrogen) atoms. The van der Waals surface area contributed by atoms with E-state index < -0.39 is 0 Å². The van der Waals surface area contributed by atoms with Crippen molar-refractivity contribution in [2.45, 2.75) is 39.2 Å². The van der Waals surface area contributed by atoms with Crippen molar-refractivity contribution < 1.29 is 9.53 Å². The second-order valence-electron chi connectivity index (χ2n) is 6.86. The molecule has 0 aliphatic carbocycles. The van der Waals surface area contributed by atoms with Crippen LogP contribution in [-0.2, 0) is 17.8 Å². The van der Waals surface area contributed by atoms with E-state index in [1.807, 2.05) is 36.6 Å². The summed E-state index contributed by atoms with van der Waals surface area (Å²) < 4.78 is 5.74. The molecule has 1 fully saturated rings. The third kappa shape index (κ3) is 6.11. The first-order valence-electron chi connectivity index (χ1n) is 9.29. The summed E-state index contributed by atoms with van der Waals surface area (Å²) in [6, 6.07) is 7.96. The maximum atomic E-state index is 12.1. The molecule has 1 aromatic heterocycles. The third-order valence-electron chi connectivity index (χ3n) is 4.60. The van der Waals surface area contributed by atoms with Gasteiger partial charge in [-0.15, -0.1) is 11.3 Å². The normalized spacial score (nSPS) is 17.0. The lowest BCUT2D eigenvalue weighted by atomic mass is 9.96. The molecule has 1 amide bonds. The van der Waals surface area contributed by atoms with Crippen molar-refractivity contribution >= 4 is 17.2 Å². The lowest BCUT2D eigenvalue weighted by molar-refractivity contribution is -0.120. The Morgan fingerprint density at radius 2 is 2.23 bits per heavy atom. The number of aromatic nitrogens is 1. The average Bonchev–Trinajstić information content (AvgIpc) is 3.09. The maximum absolute atomic E-state index is 12.1. The molecule has 0 spiro atoms. The van der Waals surface area contributed by atoms with Crippen molar-refractivity contribution in [3.05, 3.63) is 45.9 Å². The van der Waals surface area contributed by atoms with Crippen LogP contribution in [-0.4, -0.2) is 30.5 Å². The highest BCUT2D eigenvalue weighted by Crippen LogP contribution is 2.16. The monoisotopic (exact) mass is 373 g/mol. The van der Waals surface area contributed by atoms with Crippen molar-refractivity contribution in [1.29, 1.82) is 0 Å². The molecular formula is C20H27N3O2S. The highest BCUT2D eigenvalue weighted by molar-refractivity contribution is 7.09. The summed E-state index contributed by atoms with van der Waals surface area (Å²) in [6.07, 6.45) is 3.89. The fourth-order valence-corrected chi connectivity index (χ4v) is 3.79. The Labute approximate surface area is 159 Å². The van der Waals surface area contributed by atoms with Gasteiger partial charge in [-0.3, -0.25) is 4.79 Å². The summed E-state index contributed by atoms with van der Waals surface area (Å²) in [6.45, 7) is 5.44. The maximum Gasteiger partial charge on any atom is 0.226 e. The first kappa shape index (κ1) is 18.9. The summed E-state index contributed by atoms with van der Waals surface area (Å²) in [5, 5.41) is 9.26. The Morgan fingerprint density at radius 3 is 3.00 bits per heavy atom. The predicted molar refractivity (Wildman–Crippen MR) is 105 cm³/mol. The van der Waals surface area contributed by atoms with E-state index >= 15 is 0 Å². The zero-order valence-electron chi connectivity index (χ0n) is 15.3. The number of hydrogen-bond donors (Lipinski definition) is 2. The van der Waals surface area contributed by atoms with Gasteiger partial charge >= 0.3 is 0 Å². The molecule has 0 saturated carbocycles. The summed E-state index contributed by atoms with van der Waals surface area (Å²) in [7, 11) is 0. The van der Waals surface area contributed by atoms with Crippen LogP contribution in [0.3, 0.4) is 0 Å². The Bertz CT molecular complexity index is 693. The molecule has 5 nitrogen and oxygen atoms in total. The van der Waals surface area contributed by atoms with E-state index in [0.29, 0.717) is 18.9 Å². The number of ether oxygens (including phenoxy) is 1. The summed E-state index contributed by atoms with van der Waals surface area (Å²) in [5.74, 6) is 1.57. The summed E-state index contributed by atoms with van der Waals surface area (Å²) >= 11 is 1.54. The number of aryl methyl sites for hydroxylation is 1. The molecule has 0 radical (unpaired) electrons. The van der Waals surface area contributed by atoms with Crippen LogP contribution in [0.25, 0.3) is 0 Å². The first-order chi connectivity index (χ1) is 12.7. The molecule has 6 heteroatoms. The SMILES string of the molecule is Cc1ccc(OCc2nc(CC(=O)NCCC3CCCNC3)cs2)cc1. The quantitative estimate of drug-likeness (QED) is 0.746. The molecule has 3 rings (SSSR count). The molecule has 0 bridgehead atoms. The Morgan fingerprint density at radius 1 is 1.38 bits per heavy atom. The fraction of sp³-hybridized carbons (Fsp3) is 0.500. The van der Waals surface area contributed by atoms with E-state index in [9.17, 15) is 4.79 Å². The zero-order chi connectivity index (χ0) is 18.2. The van der Waals surface area contributed by atoms with Crippen LogP contribution < -0.4 is 15.4 Å². The minimum Gasteiger partial charge on any atom is -0.486 e. The van der Waals surface area contributed by atoms with Gasteiger partial charge in [-0.25, -0.2) is 4.98 Å². The number of carbonyl (C=O) groups is 1. The van der Waals surface area contributed by atoms with Gasteiger partial charge in [-0.05, 0) is 57.3 Å². The Kier molecular flexibility index (Phi) is 7.03. The second kappa shape index (κ2) is 9.69. The molecule has 2 aromatic rings. The van der Waals surface area contributed by atoms with Crippen LogP contribution in [0.5, 0.6) is 5.75 Å². The van der Waals surface area contributed by atoms with Crippen molar-refractivity contribution in [2.75, 3.05) is 19.6 Å². The number of hydrogen-bond acceptors (Lipinski definition) is 5. The molecule has 140 valence electrons. The van der Waals surface area contributed by atoms with Crippen molar-refractivity contribution in [2.24, 2.45) is 5.92 Å². The topological polar surface area (TPSA) is 63.2 Å². The van der Waals surface area contributed by atoms with E-state index in [2.05, 4.69) is 15.6 Å². The van der Waals surface area contributed by atoms with Crippen LogP contribution in [0.1, 0.15) is 35.5 Å². The van der Waals surface area contributed by atoms with Gasteiger partial charge in [0.15, 0.2) is 0 Å². The van der Waals surface area contributed by atoms with E-state index in [1.54, 1.807) is 0 Å². The Hall–Kier alpha value is -1.92. The third-order valence-corrected chi connectivity index (χ3v) is 5.47. The molecule has 1 aliphatic heterocycles. The van der Waals surface area contributed by atoms with Crippen LogP contribution in [0, 0.1) is 12.8 Å². The van der Waals surface area contributed by atoms with Crippen molar-refractivity contribution in [3.63, 3.8) is 0 Å². The van der Waals surface area contributed by atoms with Gasteiger partial charge in [0.25, 0.3) is 0 Å². The van der Waals surface area contributed by atoms with Gasteiger partial charge < -0.3 is 15.4 Å². The number of piperidine rings is 1. The standard InChI is InChI=1S/C20H27N3O2S/c1-15-4-6-18(7-5-15)25-13-20-23-17(14-26-20)11-19(24)22-10-8-16-3-2-9-21-12-16/h4-7,14,16,21H,2-3,8-13H2,1H3,(H,22,24). The van der Waals surface area contributed by atoms with Gasteiger partial charge in [0, 0.05) is 11.9 Å². The van der Waals surface area contributed by atoms with Crippen LogP contribution in [0.2, 0.25) is 0 Å². The minimum absolute atomic E-state index is 0.0464. The summed E-state index contributed by atoms with van der Waals surface area (Å²) in [4.78, 5) is 16.6. The van der Waals surface area contributed by atoms with Gasteiger partial charge in [-0.2, -0.15) is 0 Å². The Balaban J connectivity index is 1.37. The lowest BCUT2D eigenvalue weighted by Gasteiger charge is -2.22. The van der Waals surface area contributed by atoms with E-state index in [4.69, 9.17) is 4.74 Å². The first-order valence-corrected chi connectivity index (χ1v) is 10.2. The molecule has 1 aromatic carbocycles. The van der Waals surface area contributed by atoms with E-state index in [-0.39, 0.29) is 5.91 Å². The number of thiazole rings is 1. The number of nitrogens with one attached hydrogen (secondary N) is 2. The summed E-state index contributed by atoms with van der Waals surface area (Å²) in [5.41, 5.74) is 2.02. The van der Waals surface area contributed by atoms with Crippen LogP contribution >= 0.6 is 11.3 Å². The van der Waals surface area contributed by atoms with Gasteiger partial charge in [-0.1, -0.05) is 17.7 Å². The van der Waals surface area contributed by atoms with Crippen LogP contribution in [0.4, 0.5) is 0 Å². The van der Waals surface area contributed by atoms with E-state index in [1.165, 1.54) is 29.7 Å². The van der Waals surface area contributed by atoms with Crippen molar-refractivity contribution in [3.8, 4) is 5.75 Å². The average molecular weight is 374 g/mol. The van der Waals surface area contributed by atoms with Gasteiger partial charge in [0.1, 0.15) is 17.4 Å². The number of benzene rings is 1. The fourth-order valence-electron chi connectivity index (χ4n) is 3.09. The van der Waals surface area contributed by atoms with Crippen molar-refractivity contribution in [1.82, 2.24) is 15.6 Å². The molecule has 1 aliphatic rings. The molecule has 2 N–H and O–H groups in total. The molecule has 1 unspecified atom stereocenters. The minimum atomic E-state index is 0.0464. The predicted octanol–water partition coefficient (Wildman–Crippen LogP) is 3.08. The van der Waals surface area contributed by atoms with Gasteiger partial charge in [0.2, 0.25) is 5.91 Å². The van der Waals surface area contributed by atoms with E-state index in [0.717, 1.165) is 42.5 Å². The number of nitrogens with zero attached hydrogens (tertiary/aromatic N) is 1. The van der Waals surface area contributed by atoms with Gasteiger partial charge in [0.05, 0.1) is 12.1 Å². The molecular weight excluding hydrogens is 346 g/mol.